The molecule has 3 fully saturated rings. The number of benzene rings is 1. The number of anilines is 1. The highest BCUT2D eigenvalue weighted by Crippen LogP contribution is 2.42. The largest absolute Gasteiger partial charge is 0.494 e. The minimum atomic E-state index is -0.337. The second-order valence-electron chi connectivity index (χ2n) is 11.0. The Morgan fingerprint density at radius 2 is 1.78 bits per heavy atom. The third kappa shape index (κ3) is 4.31. The van der Waals surface area contributed by atoms with E-state index in [0.717, 1.165) is 37.9 Å². The van der Waals surface area contributed by atoms with Crippen LogP contribution in [0.3, 0.4) is 0 Å². The van der Waals surface area contributed by atoms with Crippen LogP contribution in [-0.2, 0) is 18.8 Å². The SMILES string of the molecule is CCCCCC(C)C(=O)OC1NCC12CN(c1ccc(B3OC(C)(C)C(C)(C)O3)cc1)C2. The molecule has 1 aromatic rings. The topological polar surface area (TPSA) is 60.0 Å². The molecule has 6 nitrogen and oxygen atoms in total. The van der Waals surface area contributed by atoms with Crippen LogP contribution < -0.4 is 15.7 Å². The van der Waals surface area contributed by atoms with Gasteiger partial charge in [0.05, 0.1) is 22.5 Å². The Morgan fingerprint density at radius 3 is 2.31 bits per heavy atom. The lowest BCUT2D eigenvalue weighted by atomic mass is 9.72. The van der Waals surface area contributed by atoms with Gasteiger partial charge >= 0.3 is 13.1 Å². The average Bonchev–Trinajstić information content (AvgIpc) is 2.92. The second-order valence-corrected chi connectivity index (χ2v) is 11.0. The Hall–Kier alpha value is -1.57. The summed E-state index contributed by atoms with van der Waals surface area (Å²) < 4.78 is 18.2. The first-order chi connectivity index (χ1) is 15.1. The predicted molar refractivity (Wildman–Crippen MR) is 128 cm³/mol. The first kappa shape index (κ1) is 23.6. The number of carbonyl (C=O) groups excluding carboxylic acids is 1. The number of hydrogen-bond acceptors (Lipinski definition) is 6. The van der Waals surface area contributed by atoms with Crippen LogP contribution in [0.5, 0.6) is 0 Å². The lowest BCUT2D eigenvalue weighted by Crippen LogP contribution is -2.77. The average molecular weight is 442 g/mol. The van der Waals surface area contributed by atoms with Crippen LogP contribution in [0.4, 0.5) is 5.69 Å². The molecule has 3 heterocycles. The molecule has 0 bridgehead atoms. The second kappa shape index (κ2) is 8.66. The highest BCUT2D eigenvalue weighted by molar-refractivity contribution is 6.62. The summed E-state index contributed by atoms with van der Waals surface area (Å²) in [4.78, 5) is 14.8. The van der Waals surface area contributed by atoms with Gasteiger partial charge in [-0.15, -0.1) is 0 Å². The Bertz CT molecular complexity index is 804. The quantitative estimate of drug-likeness (QED) is 0.378. The van der Waals surface area contributed by atoms with Crippen molar-refractivity contribution in [1.29, 1.82) is 0 Å². The fraction of sp³-hybridized carbons (Fsp3) is 0.720. The highest BCUT2D eigenvalue weighted by Gasteiger charge is 2.57. The summed E-state index contributed by atoms with van der Waals surface area (Å²) in [5.74, 6) is -0.0948. The van der Waals surface area contributed by atoms with Crippen LogP contribution in [0, 0.1) is 11.3 Å². The van der Waals surface area contributed by atoms with Crippen LogP contribution >= 0.6 is 0 Å². The molecule has 32 heavy (non-hydrogen) atoms. The first-order valence-electron chi connectivity index (χ1n) is 12.2. The molecule has 0 saturated carbocycles. The molecule has 1 aromatic carbocycles. The molecule has 0 aliphatic carbocycles. The van der Waals surface area contributed by atoms with E-state index in [-0.39, 0.29) is 41.9 Å². The fourth-order valence-corrected chi connectivity index (χ4v) is 4.69. The van der Waals surface area contributed by atoms with E-state index < -0.39 is 0 Å². The number of ether oxygens (including phenoxy) is 1. The van der Waals surface area contributed by atoms with Crippen LogP contribution in [0.25, 0.3) is 0 Å². The molecule has 0 amide bonds. The predicted octanol–water partition coefficient (Wildman–Crippen LogP) is 3.48. The molecule has 0 aromatic heterocycles. The molecule has 3 aliphatic heterocycles. The van der Waals surface area contributed by atoms with Gasteiger partial charge in [0.25, 0.3) is 0 Å². The zero-order chi connectivity index (χ0) is 23.1. The lowest BCUT2D eigenvalue weighted by molar-refractivity contribution is -0.180. The third-order valence-corrected chi connectivity index (χ3v) is 7.87. The van der Waals surface area contributed by atoms with Crippen molar-refractivity contribution in [2.75, 3.05) is 24.5 Å². The van der Waals surface area contributed by atoms with E-state index in [1.54, 1.807) is 0 Å². The minimum Gasteiger partial charge on any atom is -0.446 e. The smallest absolute Gasteiger partial charge is 0.446 e. The zero-order valence-electron chi connectivity index (χ0n) is 20.6. The van der Waals surface area contributed by atoms with Crippen LogP contribution in [-0.4, -0.2) is 50.2 Å². The van der Waals surface area contributed by atoms with Gasteiger partial charge in [-0.05, 0) is 51.7 Å². The molecule has 3 saturated heterocycles. The maximum atomic E-state index is 12.5. The Balaban J connectivity index is 1.29. The van der Waals surface area contributed by atoms with Gasteiger partial charge in [-0.1, -0.05) is 45.2 Å². The van der Waals surface area contributed by atoms with Gasteiger partial charge in [-0.2, -0.15) is 0 Å². The molecule has 2 unspecified atom stereocenters. The normalized spacial score (nSPS) is 25.9. The van der Waals surface area contributed by atoms with Crippen LogP contribution in [0.2, 0.25) is 0 Å². The van der Waals surface area contributed by atoms with E-state index in [1.807, 2.05) is 6.92 Å². The minimum absolute atomic E-state index is 0.0281. The van der Waals surface area contributed by atoms with E-state index >= 15 is 0 Å². The number of carbonyl (C=O) groups is 1. The Morgan fingerprint density at radius 1 is 1.16 bits per heavy atom. The number of esters is 1. The van der Waals surface area contributed by atoms with E-state index in [0.29, 0.717) is 0 Å². The van der Waals surface area contributed by atoms with Crippen molar-refractivity contribution < 1.29 is 18.8 Å². The number of rotatable bonds is 8. The van der Waals surface area contributed by atoms with Gasteiger partial charge in [-0.25, -0.2) is 0 Å². The standard InChI is InChI=1S/C25H39BN2O4/c1-7-8-9-10-18(2)21(29)30-22-25(15-27-22)16-28(17-25)20-13-11-19(12-14-20)26-31-23(3,4)24(5,6)32-26/h11-14,18,22,27H,7-10,15-17H2,1-6H3. The van der Waals surface area contributed by atoms with Gasteiger partial charge in [0.15, 0.2) is 6.23 Å². The molecule has 176 valence electrons. The number of nitrogens with zero attached hydrogens (tertiary/aromatic N) is 1. The van der Waals surface area contributed by atoms with Crippen molar-refractivity contribution in [3.8, 4) is 0 Å². The van der Waals surface area contributed by atoms with Gasteiger partial charge in [0.2, 0.25) is 0 Å². The third-order valence-electron chi connectivity index (χ3n) is 7.87. The molecule has 7 heteroatoms. The molecule has 3 aliphatic rings. The van der Waals surface area contributed by atoms with Gasteiger partial charge in [0, 0.05) is 25.3 Å². The fourth-order valence-electron chi connectivity index (χ4n) is 4.69. The molecule has 2 atom stereocenters. The van der Waals surface area contributed by atoms with Crippen molar-refractivity contribution in [3.63, 3.8) is 0 Å². The van der Waals surface area contributed by atoms with Gasteiger partial charge in [-0.3, -0.25) is 10.1 Å². The summed E-state index contributed by atoms with van der Waals surface area (Å²) in [5, 5.41) is 3.32. The first-order valence-corrected chi connectivity index (χ1v) is 12.2. The summed E-state index contributed by atoms with van der Waals surface area (Å²) in [6.07, 6.45) is 4.18. The summed E-state index contributed by atoms with van der Waals surface area (Å²) in [7, 11) is -0.337. The number of hydrogen-bond donors (Lipinski definition) is 1. The van der Waals surface area contributed by atoms with Crippen molar-refractivity contribution in [3.05, 3.63) is 24.3 Å². The Labute approximate surface area is 193 Å². The molecular formula is C25H39BN2O4. The van der Waals surface area contributed by atoms with Crippen LogP contribution in [0.1, 0.15) is 67.2 Å². The molecular weight excluding hydrogens is 403 g/mol. The monoisotopic (exact) mass is 442 g/mol. The molecule has 1 N–H and O–H groups in total. The summed E-state index contributed by atoms with van der Waals surface area (Å²) >= 11 is 0. The van der Waals surface area contributed by atoms with Gasteiger partial charge in [0.1, 0.15) is 0 Å². The number of unbranched alkanes of at least 4 members (excludes halogenated alkanes) is 2. The molecule has 4 rings (SSSR count). The van der Waals surface area contributed by atoms with E-state index in [1.165, 1.54) is 18.5 Å². The summed E-state index contributed by atoms with van der Waals surface area (Å²) in [5.41, 5.74) is 1.59. The van der Waals surface area contributed by atoms with Gasteiger partial charge < -0.3 is 18.9 Å². The Kier molecular flexibility index (Phi) is 6.38. The van der Waals surface area contributed by atoms with Crippen molar-refractivity contribution >= 4 is 24.2 Å². The van der Waals surface area contributed by atoms with Crippen molar-refractivity contribution in [2.24, 2.45) is 11.3 Å². The number of nitrogens with one attached hydrogen (secondary N) is 1. The van der Waals surface area contributed by atoms with Crippen molar-refractivity contribution in [2.45, 2.75) is 84.7 Å². The van der Waals surface area contributed by atoms with Crippen LogP contribution in [0.15, 0.2) is 24.3 Å². The lowest BCUT2D eigenvalue weighted by Gasteiger charge is -2.60. The summed E-state index contributed by atoms with van der Waals surface area (Å²) in [6.45, 7) is 15.2. The van der Waals surface area contributed by atoms with E-state index in [9.17, 15) is 4.79 Å². The summed E-state index contributed by atoms with van der Waals surface area (Å²) in [6, 6.07) is 8.46. The van der Waals surface area contributed by atoms with Crippen molar-refractivity contribution in [1.82, 2.24) is 5.32 Å². The van der Waals surface area contributed by atoms with E-state index in [4.69, 9.17) is 14.0 Å². The molecule has 1 spiro atoms. The molecule has 0 radical (unpaired) electrons. The van der Waals surface area contributed by atoms with E-state index in [2.05, 4.69) is 69.1 Å². The highest BCUT2D eigenvalue weighted by atomic mass is 16.7. The maximum absolute atomic E-state index is 12.5. The zero-order valence-corrected chi connectivity index (χ0v) is 20.6. The maximum Gasteiger partial charge on any atom is 0.494 e.